The molecule has 0 aliphatic rings. The Kier molecular flexibility index (Phi) is 6.21. The maximum absolute atomic E-state index is 12.1. The van der Waals surface area contributed by atoms with Crippen molar-refractivity contribution in [3.8, 4) is 5.75 Å². The average Bonchev–Trinajstić information content (AvgIpc) is 2.60. The van der Waals surface area contributed by atoms with Gasteiger partial charge in [0.25, 0.3) is 5.91 Å². The highest BCUT2D eigenvalue weighted by atomic mass is 16.5. The third kappa shape index (κ3) is 4.85. The van der Waals surface area contributed by atoms with Crippen LogP contribution >= 0.6 is 0 Å². The van der Waals surface area contributed by atoms with Crippen LogP contribution in [0.4, 0.5) is 5.69 Å². The fourth-order valence-electron chi connectivity index (χ4n) is 2.42. The number of hydrogen-bond acceptors (Lipinski definition) is 2. The van der Waals surface area contributed by atoms with Gasteiger partial charge in [0.15, 0.2) is 6.61 Å². The zero-order valence-corrected chi connectivity index (χ0v) is 14.1. The van der Waals surface area contributed by atoms with E-state index in [1.54, 1.807) is 0 Å². The van der Waals surface area contributed by atoms with Gasteiger partial charge >= 0.3 is 0 Å². The molecule has 1 N–H and O–H groups in total. The minimum absolute atomic E-state index is 0.0142. The highest BCUT2D eigenvalue weighted by Gasteiger charge is 2.11. The van der Waals surface area contributed by atoms with Crippen LogP contribution < -0.4 is 10.1 Å². The summed E-state index contributed by atoms with van der Waals surface area (Å²) in [5, 5.41) is 2.95. The number of aryl methyl sites for hydroxylation is 1. The van der Waals surface area contributed by atoms with Gasteiger partial charge in [-0.25, -0.2) is 0 Å². The molecule has 122 valence electrons. The molecule has 2 aromatic rings. The van der Waals surface area contributed by atoms with Crippen molar-refractivity contribution in [1.29, 1.82) is 0 Å². The maximum atomic E-state index is 12.1. The SMILES string of the molecule is CCc1ccc(OCC(=O)Nc2ccccc2C(C)CC)cc1. The van der Waals surface area contributed by atoms with Gasteiger partial charge in [0.05, 0.1) is 0 Å². The van der Waals surface area contributed by atoms with Gasteiger partial charge < -0.3 is 10.1 Å². The number of anilines is 1. The Morgan fingerprint density at radius 2 is 1.78 bits per heavy atom. The van der Waals surface area contributed by atoms with Crippen LogP contribution in [0.1, 0.15) is 44.2 Å². The lowest BCUT2D eigenvalue weighted by Gasteiger charge is -2.15. The highest BCUT2D eigenvalue weighted by molar-refractivity contribution is 5.92. The van der Waals surface area contributed by atoms with Crippen LogP contribution in [0.25, 0.3) is 0 Å². The molecule has 3 heteroatoms. The highest BCUT2D eigenvalue weighted by Crippen LogP contribution is 2.26. The van der Waals surface area contributed by atoms with Crippen LogP contribution in [-0.4, -0.2) is 12.5 Å². The Balaban J connectivity index is 1.94. The first kappa shape index (κ1) is 17.1. The number of benzene rings is 2. The molecule has 1 unspecified atom stereocenters. The predicted octanol–water partition coefficient (Wildman–Crippen LogP) is 4.78. The molecule has 0 spiro atoms. The van der Waals surface area contributed by atoms with E-state index >= 15 is 0 Å². The molecule has 3 nitrogen and oxygen atoms in total. The molecule has 0 heterocycles. The molecule has 0 aromatic heterocycles. The summed E-state index contributed by atoms with van der Waals surface area (Å²) in [7, 11) is 0. The van der Waals surface area contributed by atoms with E-state index in [0.29, 0.717) is 11.7 Å². The van der Waals surface area contributed by atoms with Crippen molar-refractivity contribution < 1.29 is 9.53 Å². The molecule has 2 aromatic carbocycles. The molecule has 0 aliphatic carbocycles. The molecule has 0 saturated carbocycles. The molecular weight excluding hydrogens is 286 g/mol. The van der Waals surface area contributed by atoms with Gasteiger partial charge in [0.2, 0.25) is 0 Å². The number of carbonyl (C=O) groups excluding carboxylic acids is 1. The molecule has 0 aliphatic heterocycles. The van der Waals surface area contributed by atoms with Crippen LogP contribution in [-0.2, 0) is 11.2 Å². The first-order valence-electron chi connectivity index (χ1n) is 8.24. The number of amides is 1. The molecule has 1 amide bonds. The van der Waals surface area contributed by atoms with Gasteiger partial charge in [-0.05, 0) is 48.1 Å². The Hall–Kier alpha value is -2.29. The topological polar surface area (TPSA) is 38.3 Å². The average molecular weight is 311 g/mol. The minimum Gasteiger partial charge on any atom is -0.484 e. The van der Waals surface area contributed by atoms with Gasteiger partial charge in [0, 0.05) is 5.69 Å². The number of para-hydroxylation sites is 1. The van der Waals surface area contributed by atoms with Gasteiger partial charge in [-0.15, -0.1) is 0 Å². The Labute approximate surface area is 138 Å². The smallest absolute Gasteiger partial charge is 0.262 e. The molecular formula is C20H25NO2. The second-order valence-corrected chi connectivity index (χ2v) is 5.73. The van der Waals surface area contributed by atoms with Gasteiger partial charge in [0.1, 0.15) is 5.75 Å². The first-order valence-corrected chi connectivity index (χ1v) is 8.24. The number of nitrogens with one attached hydrogen (secondary N) is 1. The van der Waals surface area contributed by atoms with Crippen LogP contribution in [0.5, 0.6) is 5.75 Å². The van der Waals surface area contributed by atoms with Crippen molar-refractivity contribution in [3.63, 3.8) is 0 Å². The van der Waals surface area contributed by atoms with E-state index in [1.165, 1.54) is 5.56 Å². The van der Waals surface area contributed by atoms with E-state index in [0.717, 1.165) is 24.1 Å². The fraction of sp³-hybridized carbons (Fsp3) is 0.350. The standard InChI is InChI=1S/C20H25NO2/c1-4-15(3)18-8-6-7-9-19(18)21-20(22)14-23-17-12-10-16(5-2)11-13-17/h6-13,15H,4-5,14H2,1-3H3,(H,21,22). The summed E-state index contributed by atoms with van der Waals surface area (Å²) in [5.74, 6) is 0.988. The van der Waals surface area contributed by atoms with Crippen LogP contribution in [0.15, 0.2) is 48.5 Å². The van der Waals surface area contributed by atoms with E-state index in [2.05, 4.69) is 32.2 Å². The summed E-state index contributed by atoms with van der Waals surface area (Å²) in [6.45, 7) is 6.43. The number of ether oxygens (including phenoxy) is 1. The van der Waals surface area contributed by atoms with E-state index in [4.69, 9.17) is 4.74 Å². The maximum Gasteiger partial charge on any atom is 0.262 e. The van der Waals surface area contributed by atoms with Crippen molar-refractivity contribution in [2.24, 2.45) is 0 Å². The second kappa shape index (κ2) is 8.37. The van der Waals surface area contributed by atoms with Crippen molar-refractivity contribution in [2.45, 2.75) is 39.5 Å². The summed E-state index contributed by atoms with van der Waals surface area (Å²) in [5.41, 5.74) is 3.29. The van der Waals surface area contributed by atoms with E-state index in [-0.39, 0.29) is 12.5 Å². The summed E-state index contributed by atoms with van der Waals surface area (Å²) < 4.78 is 5.55. The summed E-state index contributed by atoms with van der Waals surface area (Å²) in [4.78, 5) is 12.1. The third-order valence-electron chi connectivity index (χ3n) is 4.08. The van der Waals surface area contributed by atoms with Gasteiger partial charge in [-0.1, -0.05) is 51.1 Å². The second-order valence-electron chi connectivity index (χ2n) is 5.73. The molecule has 0 radical (unpaired) electrons. The molecule has 0 bridgehead atoms. The van der Waals surface area contributed by atoms with Gasteiger partial charge in [-0.3, -0.25) is 4.79 Å². The fourth-order valence-corrected chi connectivity index (χ4v) is 2.42. The molecule has 0 saturated heterocycles. The number of carbonyl (C=O) groups is 1. The number of hydrogen-bond donors (Lipinski definition) is 1. The Morgan fingerprint density at radius 1 is 1.09 bits per heavy atom. The molecule has 0 fully saturated rings. The van der Waals surface area contributed by atoms with E-state index in [9.17, 15) is 4.79 Å². The lowest BCUT2D eigenvalue weighted by atomic mass is 9.97. The quantitative estimate of drug-likeness (QED) is 0.799. The van der Waals surface area contributed by atoms with Crippen LogP contribution in [0, 0.1) is 0 Å². The summed E-state index contributed by atoms with van der Waals surface area (Å²) >= 11 is 0. The summed E-state index contributed by atoms with van der Waals surface area (Å²) in [6, 6.07) is 15.8. The Bertz CT molecular complexity index is 634. The molecule has 1 atom stereocenters. The zero-order chi connectivity index (χ0) is 16.7. The minimum atomic E-state index is -0.139. The van der Waals surface area contributed by atoms with Crippen LogP contribution in [0.3, 0.4) is 0 Å². The van der Waals surface area contributed by atoms with Crippen molar-refractivity contribution in [2.75, 3.05) is 11.9 Å². The third-order valence-corrected chi connectivity index (χ3v) is 4.08. The van der Waals surface area contributed by atoms with Crippen molar-refractivity contribution in [1.82, 2.24) is 0 Å². The first-order chi connectivity index (χ1) is 11.1. The molecule has 2 rings (SSSR count). The Morgan fingerprint density at radius 3 is 2.43 bits per heavy atom. The van der Waals surface area contributed by atoms with Crippen molar-refractivity contribution >= 4 is 11.6 Å². The van der Waals surface area contributed by atoms with E-state index in [1.807, 2.05) is 42.5 Å². The van der Waals surface area contributed by atoms with Gasteiger partial charge in [-0.2, -0.15) is 0 Å². The van der Waals surface area contributed by atoms with E-state index < -0.39 is 0 Å². The largest absolute Gasteiger partial charge is 0.484 e. The number of rotatable bonds is 7. The lowest BCUT2D eigenvalue weighted by molar-refractivity contribution is -0.118. The lowest BCUT2D eigenvalue weighted by Crippen LogP contribution is -2.21. The molecule has 23 heavy (non-hydrogen) atoms. The monoisotopic (exact) mass is 311 g/mol. The van der Waals surface area contributed by atoms with Crippen LogP contribution in [0.2, 0.25) is 0 Å². The normalized spacial score (nSPS) is 11.8. The predicted molar refractivity (Wildman–Crippen MR) is 95.1 cm³/mol. The van der Waals surface area contributed by atoms with Crippen molar-refractivity contribution in [3.05, 3.63) is 59.7 Å². The zero-order valence-electron chi connectivity index (χ0n) is 14.1. The summed E-state index contributed by atoms with van der Waals surface area (Å²) in [6.07, 6.45) is 2.03.